The molecule has 0 amide bonds. The molecular weight excluding hydrogens is 286 g/mol. The second-order valence-corrected chi connectivity index (χ2v) is 5.65. The minimum atomic E-state index is -4.02. The number of sulfonamides is 1. The summed E-state index contributed by atoms with van der Waals surface area (Å²) in [5, 5.41) is 8.86. The van der Waals surface area contributed by atoms with Gasteiger partial charge in [0.1, 0.15) is 6.04 Å². The van der Waals surface area contributed by atoms with E-state index in [2.05, 4.69) is 9.46 Å². The molecule has 0 heterocycles. The van der Waals surface area contributed by atoms with Crippen LogP contribution in [0.25, 0.3) is 0 Å². The van der Waals surface area contributed by atoms with E-state index >= 15 is 0 Å². The van der Waals surface area contributed by atoms with E-state index in [1.807, 2.05) is 0 Å². The fourth-order valence-corrected chi connectivity index (χ4v) is 2.79. The molecule has 1 atom stereocenters. The van der Waals surface area contributed by atoms with Crippen LogP contribution in [-0.2, 0) is 19.6 Å². The van der Waals surface area contributed by atoms with Gasteiger partial charge in [0.25, 0.3) is 0 Å². The van der Waals surface area contributed by atoms with E-state index < -0.39 is 28.0 Å². The van der Waals surface area contributed by atoms with Crippen LogP contribution < -0.4 is 4.72 Å². The number of rotatable bonds is 6. The zero-order valence-corrected chi connectivity index (χ0v) is 11.8. The molecule has 7 nitrogen and oxygen atoms in total. The Morgan fingerprint density at radius 1 is 1.40 bits per heavy atom. The van der Waals surface area contributed by atoms with Gasteiger partial charge in [-0.2, -0.15) is 4.72 Å². The van der Waals surface area contributed by atoms with E-state index in [0.29, 0.717) is 0 Å². The van der Waals surface area contributed by atoms with Gasteiger partial charge in [-0.3, -0.25) is 4.79 Å². The zero-order chi connectivity index (χ0) is 15.3. The van der Waals surface area contributed by atoms with Crippen LogP contribution in [0.1, 0.15) is 23.7 Å². The van der Waals surface area contributed by atoms with Crippen LogP contribution in [0.15, 0.2) is 29.2 Å². The maximum absolute atomic E-state index is 12.0. The van der Waals surface area contributed by atoms with Crippen molar-refractivity contribution in [2.24, 2.45) is 0 Å². The van der Waals surface area contributed by atoms with Crippen LogP contribution in [0.4, 0.5) is 0 Å². The Morgan fingerprint density at radius 2 is 2.05 bits per heavy atom. The van der Waals surface area contributed by atoms with Crippen molar-refractivity contribution in [3.8, 4) is 0 Å². The Bertz CT molecular complexity index is 610. The van der Waals surface area contributed by atoms with E-state index in [-0.39, 0.29) is 16.9 Å². The summed E-state index contributed by atoms with van der Waals surface area (Å²) < 4.78 is 30.6. The topological polar surface area (TPSA) is 110 Å². The largest absolute Gasteiger partial charge is 0.480 e. The van der Waals surface area contributed by atoms with Crippen molar-refractivity contribution in [3.63, 3.8) is 0 Å². The van der Waals surface area contributed by atoms with Gasteiger partial charge in [-0.25, -0.2) is 13.2 Å². The maximum Gasteiger partial charge on any atom is 0.337 e. The van der Waals surface area contributed by atoms with Gasteiger partial charge in [0.15, 0.2) is 0 Å². The molecule has 1 rings (SSSR count). The van der Waals surface area contributed by atoms with Gasteiger partial charge in [0.2, 0.25) is 10.0 Å². The Kier molecular flexibility index (Phi) is 5.23. The minimum absolute atomic E-state index is 0.0683. The molecule has 2 N–H and O–H groups in total. The van der Waals surface area contributed by atoms with Crippen LogP contribution in [-0.4, -0.2) is 38.6 Å². The summed E-state index contributed by atoms with van der Waals surface area (Å²) in [6.07, 6.45) is 0.102. The van der Waals surface area contributed by atoms with Crippen molar-refractivity contribution in [2.75, 3.05) is 7.11 Å². The fraction of sp³-hybridized carbons (Fsp3) is 0.333. The lowest BCUT2D eigenvalue weighted by Gasteiger charge is -2.13. The van der Waals surface area contributed by atoms with E-state index in [4.69, 9.17) is 5.11 Å². The Hall–Kier alpha value is -1.93. The number of hydrogen-bond donors (Lipinski definition) is 2. The van der Waals surface area contributed by atoms with Crippen LogP contribution in [0.2, 0.25) is 0 Å². The van der Waals surface area contributed by atoms with Gasteiger partial charge >= 0.3 is 11.9 Å². The normalized spacial score (nSPS) is 12.7. The smallest absolute Gasteiger partial charge is 0.337 e. The summed E-state index contributed by atoms with van der Waals surface area (Å²) in [5.41, 5.74) is 0.0683. The van der Waals surface area contributed by atoms with Gasteiger partial charge in [0, 0.05) is 0 Å². The van der Waals surface area contributed by atoms with Crippen molar-refractivity contribution in [3.05, 3.63) is 29.8 Å². The summed E-state index contributed by atoms with van der Waals surface area (Å²) in [5.74, 6) is -1.94. The molecule has 0 aliphatic heterocycles. The first-order valence-electron chi connectivity index (χ1n) is 5.75. The molecule has 1 aromatic rings. The molecule has 0 bridgehead atoms. The highest BCUT2D eigenvalue weighted by Gasteiger charge is 2.24. The summed E-state index contributed by atoms with van der Waals surface area (Å²) >= 11 is 0. The third kappa shape index (κ3) is 3.78. The predicted octanol–water partition coefficient (Wildman–Crippen LogP) is 0.615. The molecule has 0 spiro atoms. The lowest BCUT2D eigenvalue weighted by molar-refractivity contribution is -0.139. The molecule has 20 heavy (non-hydrogen) atoms. The average molecular weight is 301 g/mol. The molecular formula is C12H15NO6S. The number of nitrogens with one attached hydrogen (secondary N) is 1. The molecule has 8 heteroatoms. The second kappa shape index (κ2) is 6.49. The second-order valence-electron chi connectivity index (χ2n) is 3.94. The molecule has 0 aliphatic carbocycles. The molecule has 0 saturated carbocycles. The van der Waals surface area contributed by atoms with Gasteiger partial charge in [-0.05, 0) is 24.6 Å². The fourth-order valence-electron chi connectivity index (χ4n) is 1.47. The number of esters is 1. The minimum Gasteiger partial charge on any atom is -0.480 e. The lowest BCUT2D eigenvalue weighted by Crippen LogP contribution is -2.40. The van der Waals surface area contributed by atoms with Gasteiger partial charge < -0.3 is 9.84 Å². The molecule has 0 aromatic heterocycles. The van der Waals surface area contributed by atoms with E-state index in [1.165, 1.54) is 25.3 Å². The summed E-state index contributed by atoms with van der Waals surface area (Å²) in [4.78, 5) is 22.0. The van der Waals surface area contributed by atoms with Gasteiger partial charge in [-0.1, -0.05) is 13.0 Å². The van der Waals surface area contributed by atoms with E-state index in [0.717, 1.165) is 6.07 Å². The highest BCUT2D eigenvalue weighted by atomic mass is 32.2. The SMILES string of the molecule is CC[C@H](NS(=O)(=O)c1cccc(C(=O)OC)c1)C(=O)O. The van der Waals surface area contributed by atoms with Crippen molar-refractivity contribution in [1.29, 1.82) is 0 Å². The number of carbonyl (C=O) groups is 2. The molecule has 0 fully saturated rings. The first-order chi connectivity index (χ1) is 9.31. The molecule has 0 radical (unpaired) electrons. The van der Waals surface area contributed by atoms with E-state index in [1.54, 1.807) is 6.92 Å². The highest BCUT2D eigenvalue weighted by molar-refractivity contribution is 7.89. The first-order valence-corrected chi connectivity index (χ1v) is 7.23. The van der Waals surface area contributed by atoms with Crippen molar-refractivity contribution < 1.29 is 27.9 Å². The third-order valence-corrected chi connectivity index (χ3v) is 4.04. The van der Waals surface area contributed by atoms with Crippen molar-refractivity contribution >= 4 is 22.0 Å². The third-order valence-electron chi connectivity index (χ3n) is 2.57. The predicted molar refractivity (Wildman–Crippen MR) is 69.8 cm³/mol. The summed E-state index contributed by atoms with van der Waals surface area (Å²) in [6.45, 7) is 1.55. The number of aliphatic carboxylic acids is 1. The van der Waals surface area contributed by atoms with Crippen LogP contribution in [0.5, 0.6) is 0 Å². The number of carbonyl (C=O) groups excluding carboxylic acids is 1. The average Bonchev–Trinajstić information content (AvgIpc) is 2.43. The zero-order valence-electron chi connectivity index (χ0n) is 11.0. The number of ether oxygens (including phenoxy) is 1. The van der Waals surface area contributed by atoms with Gasteiger partial charge in [-0.15, -0.1) is 0 Å². The quantitative estimate of drug-likeness (QED) is 0.745. The number of carboxylic acid groups (broad SMARTS) is 1. The molecule has 0 unspecified atom stereocenters. The maximum atomic E-state index is 12.0. The molecule has 0 saturated heterocycles. The number of methoxy groups -OCH3 is 1. The van der Waals surface area contributed by atoms with Crippen LogP contribution in [0, 0.1) is 0 Å². The molecule has 1 aromatic carbocycles. The Labute approximate surface area is 116 Å². The van der Waals surface area contributed by atoms with Crippen molar-refractivity contribution in [1.82, 2.24) is 4.72 Å². The lowest BCUT2D eigenvalue weighted by atomic mass is 10.2. The standard InChI is InChI=1S/C12H15NO6S/c1-3-10(11(14)15)13-20(17,18)9-6-4-5-8(7-9)12(16)19-2/h4-7,10,13H,3H2,1-2H3,(H,14,15)/t10-/m0/s1. The first kappa shape index (κ1) is 16.1. The Balaban J connectivity index is 3.10. The number of hydrogen-bond acceptors (Lipinski definition) is 5. The molecule has 0 aliphatic rings. The van der Waals surface area contributed by atoms with E-state index in [9.17, 15) is 18.0 Å². The molecule has 110 valence electrons. The monoisotopic (exact) mass is 301 g/mol. The summed E-state index contributed by atoms with van der Waals surface area (Å²) in [7, 11) is -2.84. The van der Waals surface area contributed by atoms with Crippen molar-refractivity contribution in [2.45, 2.75) is 24.3 Å². The highest BCUT2D eigenvalue weighted by Crippen LogP contribution is 2.13. The Morgan fingerprint density at radius 3 is 2.55 bits per heavy atom. The number of carboxylic acids is 1. The summed E-state index contributed by atoms with van der Waals surface area (Å²) in [6, 6.07) is 3.95. The van der Waals surface area contributed by atoms with Crippen LogP contribution in [0.3, 0.4) is 0 Å². The van der Waals surface area contributed by atoms with Crippen LogP contribution >= 0.6 is 0 Å². The number of benzene rings is 1. The van der Waals surface area contributed by atoms with Gasteiger partial charge in [0.05, 0.1) is 17.6 Å².